The van der Waals surface area contributed by atoms with Gasteiger partial charge in [0.2, 0.25) is 0 Å². The van der Waals surface area contributed by atoms with Gasteiger partial charge in [0, 0.05) is 38.1 Å². The van der Waals surface area contributed by atoms with Crippen molar-refractivity contribution in [3.63, 3.8) is 0 Å². The Hall–Kier alpha value is -2.55. The van der Waals surface area contributed by atoms with Gasteiger partial charge < -0.3 is 10.2 Å². The molecule has 8 nitrogen and oxygen atoms in total. The number of aromatic nitrogens is 3. The first kappa shape index (κ1) is 17.3. The van der Waals surface area contributed by atoms with Crippen LogP contribution in [0.3, 0.4) is 0 Å². The molecule has 1 aliphatic rings. The van der Waals surface area contributed by atoms with Crippen LogP contribution >= 0.6 is 0 Å². The summed E-state index contributed by atoms with van der Waals surface area (Å²) in [5.74, 6) is 0.352. The van der Waals surface area contributed by atoms with Gasteiger partial charge in [0.25, 0.3) is 5.91 Å². The number of nitrogens with one attached hydrogen (secondary N) is 1. The van der Waals surface area contributed by atoms with Crippen molar-refractivity contribution in [1.82, 2.24) is 19.9 Å². The second-order valence-electron chi connectivity index (χ2n) is 5.97. The van der Waals surface area contributed by atoms with Crippen molar-refractivity contribution in [3.05, 3.63) is 48.2 Å². The molecule has 3 heterocycles. The molecule has 2 aromatic rings. The standard InChI is InChI=1S/C16H19N5O3S/c1-21(13-4-7-25(23,24)10-13)16(22)14-8-15(20-11-19-14)18-9-12-2-5-17-6-3-12/h2-3,5-6,8,11,13H,4,7,9-10H2,1H3,(H,18,19,20). The van der Waals surface area contributed by atoms with E-state index in [0.29, 0.717) is 18.8 Å². The molecule has 0 aliphatic carbocycles. The second-order valence-corrected chi connectivity index (χ2v) is 8.20. The minimum Gasteiger partial charge on any atom is -0.366 e. The van der Waals surface area contributed by atoms with Gasteiger partial charge in [-0.15, -0.1) is 0 Å². The van der Waals surface area contributed by atoms with Crippen LogP contribution in [0.25, 0.3) is 0 Å². The predicted octanol–water partition coefficient (Wildman–Crippen LogP) is 0.743. The van der Waals surface area contributed by atoms with Gasteiger partial charge in [-0.3, -0.25) is 9.78 Å². The summed E-state index contributed by atoms with van der Waals surface area (Å²) >= 11 is 0. The Balaban J connectivity index is 1.67. The molecule has 2 aromatic heterocycles. The first-order valence-corrected chi connectivity index (χ1v) is 9.69. The molecule has 1 fully saturated rings. The Morgan fingerprint density at radius 2 is 2.08 bits per heavy atom. The van der Waals surface area contributed by atoms with Crippen LogP contribution in [-0.2, 0) is 16.4 Å². The van der Waals surface area contributed by atoms with Crippen LogP contribution in [0.15, 0.2) is 36.9 Å². The third-order valence-electron chi connectivity index (χ3n) is 4.19. The molecule has 25 heavy (non-hydrogen) atoms. The van der Waals surface area contributed by atoms with Crippen molar-refractivity contribution >= 4 is 21.6 Å². The summed E-state index contributed by atoms with van der Waals surface area (Å²) in [7, 11) is -1.44. The van der Waals surface area contributed by atoms with Crippen LogP contribution in [0, 0.1) is 0 Å². The molecule has 1 atom stereocenters. The molecule has 9 heteroatoms. The minimum absolute atomic E-state index is 0.00741. The summed E-state index contributed by atoms with van der Waals surface area (Å²) < 4.78 is 23.2. The van der Waals surface area contributed by atoms with Gasteiger partial charge in [-0.2, -0.15) is 0 Å². The van der Waals surface area contributed by atoms with Crippen molar-refractivity contribution < 1.29 is 13.2 Å². The topological polar surface area (TPSA) is 105 Å². The number of rotatable bonds is 5. The van der Waals surface area contributed by atoms with Crippen LogP contribution in [0.5, 0.6) is 0 Å². The van der Waals surface area contributed by atoms with Gasteiger partial charge in [0.15, 0.2) is 9.84 Å². The molecular formula is C16H19N5O3S. The maximum absolute atomic E-state index is 12.6. The molecule has 3 rings (SSSR count). The van der Waals surface area contributed by atoms with Crippen molar-refractivity contribution in [3.8, 4) is 0 Å². The average molecular weight is 361 g/mol. The summed E-state index contributed by atoms with van der Waals surface area (Å²) in [6, 6.07) is 5.03. The molecule has 1 saturated heterocycles. The molecule has 0 radical (unpaired) electrons. The van der Waals surface area contributed by atoms with Gasteiger partial charge in [-0.25, -0.2) is 18.4 Å². The fourth-order valence-electron chi connectivity index (χ4n) is 2.69. The van der Waals surface area contributed by atoms with Crippen molar-refractivity contribution in [2.75, 3.05) is 23.9 Å². The Morgan fingerprint density at radius 1 is 1.32 bits per heavy atom. The first-order chi connectivity index (χ1) is 11.9. The summed E-state index contributed by atoms with van der Waals surface area (Å²) in [5, 5.41) is 3.13. The lowest BCUT2D eigenvalue weighted by molar-refractivity contribution is 0.0741. The van der Waals surface area contributed by atoms with Gasteiger partial charge >= 0.3 is 0 Å². The van der Waals surface area contributed by atoms with Gasteiger partial charge in [-0.1, -0.05) is 0 Å². The number of sulfone groups is 1. The Kier molecular flexibility index (Phi) is 4.93. The van der Waals surface area contributed by atoms with E-state index < -0.39 is 9.84 Å². The van der Waals surface area contributed by atoms with E-state index in [1.54, 1.807) is 25.5 Å². The van der Waals surface area contributed by atoms with Crippen LogP contribution in [0.2, 0.25) is 0 Å². The highest BCUT2D eigenvalue weighted by atomic mass is 32.2. The van der Waals surface area contributed by atoms with Gasteiger partial charge in [-0.05, 0) is 24.1 Å². The third kappa shape index (κ3) is 4.30. The highest BCUT2D eigenvalue weighted by Crippen LogP contribution is 2.18. The molecule has 1 unspecified atom stereocenters. The number of hydrogen-bond donors (Lipinski definition) is 1. The SMILES string of the molecule is CN(C(=O)c1cc(NCc2ccncc2)ncn1)C1CCS(=O)(=O)C1. The van der Waals surface area contributed by atoms with Gasteiger partial charge in [0.1, 0.15) is 17.8 Å². The normalized spacial score (nSPS) is 18.7. The van der Waals surface area contributed by atoms with Crippen LogP contribution < -0.4 is 5.32 Å². The zero-order valence-corrected chi connectivity index (χ0v) is 14.6. The van der Waals surface area contributed by atoms with Crippen molar-refractivity contribution in [2.24, 2.45) is 0 Å². The third-order valence-corrected chi connectivity index (χ3v) is 5.94. The number of amides is 1. The first-order valence-electron chi connectivity index (χ1n) is 7.87. The smallest absolute Gasteiger partial charge is 0.272 e. The maximum Gasteiger partial charge on any atom is 0.272 e. The largest absolute Gasteiger partial charge is 0.366 e. The van der Waals surface area contributed by atoms with Crippen LogP contribution in [0.1, 0.15) is 22.5 Å². The highest BCUT2D eigenvalue weighted by Gasteiger charge is 2.33. The average Bonchev–Trinajstić information content (AvgIpc) is 3.00. The van der Waals surface area contributed by atoms with E-state index >= 15 is 0 Å². The van der Waals surface area contributed by atoms with E-state index in [-0.39, 0.29) is 29.1 Å². The van der Waals surface area contributed by atoms with Crippen molar-refractivity contribution in [2.45, 2.75) is 19.0 Å². The second kappa shape index (κ2) is 7.14. The summed E-state index contributed by atoms with van der Waals surface area (Å²) in [6.45, 7) is 0.546. The Labute approximate surface area is 146 Å². The lowest BCUT2D eigenvalue weighted by Crippen LogP contribution is -2.38. The molecule has 1 amide bonds. The number of hydrogen-bond acceptors (Lipinski definition) is 7. The lowest BCUT2D eigenvalue weighted by Gasteiger charge is -2.23. The fraction of sp³-hybridized carbons (Fsp3) is 0.375. The molecule has 1 N–H and O–H groups in total. The van der Waals surface area contributed by atoms with E-state index in [2.05, 4.69) is 20.3 Å². The number of carbonyl (C=O) groups excluding carboxylic acids is 1. The van der Waals surface area contributed by atoms with E-state index in [0.717, 1.165) is 5.56 Å². The summed E-state index contributed by atoms with van der Waals surface area (Å²) in [4.78, 5) is 26.1. The number of nitrogens with zero attached hydrogens (tertiary/aromatic N) is 4. The quantitative estimate of drug-likeness (QED) is 0.837. The minimum atomic E-state index is -3.05. The zero-order valence-electron chi connectivity index (χ0n) is 13.8. The molecule has 0 spiro atoms. The summed E-state index contributed by atoms with van der Waals surface area (Å²) in [6.07, 6.45) is 5.19. The molecule has 0 bridgehead atoms. The zero-order chi connectivity index (χ0) is 17.9. The van der Waals surface area contributed by atoms with E-state index in [4.69, 9.17) is 0 Å². The molecule has 132 valence electrons. The predicted molar refractivity (Wildman–Crippen MR) is 92.7 cm³/mol. The van der Waals surface area contributed by atoms with E-state index in [9.17, 15) is 13.2 Å². The van der Waals surface area contributed by atoms with E-state index in [1.165, 1.54) is 11.2 Å². The lowest BCUT2D eigenvalue weighted by atomic mass is 10.2. The number of carbonyl (C=O) groups is 1. The summed E-state index contributed by atoms with van der Waals surface area (Å²) in [5.41, 5.74) is 1.27. The maximum atomic E-state index is 12.6. The van der Waals surface area contributed by atoms with Crippen LogP contribution in [0.4, 0.5) is 5.82 Å². The van der Waals surface area contributed by atoms with Crippen molar-refractivity contribution in [1.29, 1.82) is 0 Å². The molecule has 0 saturated carbocycles. The Bertz CT molecular complexity index is 857. The number of pyridine rings is 1. The fourth-order valence-corrected chi connectivity index (χ4v) is 4.47. The molecular weight excluding hydrogens is 342 g/mol. The molecule has 1 aliphatic heterocycles. The monoisotopic (exact) mass is 361 g/mol. The highest BCUT2D eigenvalue weighted by molar-refractivity contribution is 7.91. The number of anilines is 1. The van der Waals surface area contributed by atoms with Gasteiger partial charge in [0.05, 0.1) is 11.5 Å². The van der Waals surface area contributed by atoms with Crippen LogP contribution in [-0.4, -0.2) is 58.8 Å². The molecule has 0 aromatic carbocycles. The van der Waals surface area contributed by atoms with E-state index in [1.807, 2.05) is 12.1 Å². The Morgan fingerprint density at radius 3 is 2.76 bits per heavy atom.